The van der Waals surface area contributed by atoms with Crippen LogP contribution < -0.4 is 10.0 Å². The van der Waals surface area contributed by atoms with E-state index in [1.807, 2.05) is 0 Å². The van der Waals surface area contributed by atoms with Gasteiger partial charge in [-0.15, -0.1) is 0 Å². The van der Waals surface area contributed by atoms with E-state index in [1.165, 1.54) is 30.3 Å². The summed E-state index contributed by atoms with van der Waals surface area (Å²) in [5.41, 5.74) is 2.10. The number of nitrogens with one attached hydrogen (secondary N) is 2. The van der Waals surface area contributed by atoms with Gasteiger partial charge in [-0.3, -0.25) is 9.52 Å². The maximum atomic E-state index is 12.9. The van der Waals surface area contributed by atoms with Crippen molar-refractivity contribution in [3.05, 3.63) is 95.3 Å². The van der Waals surface area contributed by atoms with Crippen molar-refractivity contribution >= 4 is 21.6 Å². The van der Waals surface area contributed by atoms with Crippen LogP contribution in [0.15, 0.2) is 77.7 Å². The van der Waals surface area contributed by atoms with Crippen molar-refractivity contribution < 1.29 is 17.6 Å². The first-order valence-corrected chi connectivity index (χ1v) is 10.0. The number of carbonyl (C=O) groups is 1. The molecule has 28 heavy (non-hydrogen) atoms. The fourth-order valence-electron chi connectivity index (χ4n) is 2.56. The SMILES string of the molecule is Cc1ccc(C(=O)NCc2ccc(F)cc2)cc1NS(=O)(=O)c1ccccc1. The summed E-state index contributed by atoms with van der Waals surface area (Å²) in [6.07, 6.45) is 0. The zero-order valence-electron chi connectivity index (χ0n) is 15.1. The number of carbonyl (C=O) groups excluding carboxylic acids is 1. The van der Waals surface area contributed by atoms with Crippen LogP contribution in [0.3, 0.4) is 0 Å². The average molecular weight is 398 g/mol. The summed E-state index contributed by atoms with van der Waals surface area (Å²) >= 11 is 0. The van der Waals surface area contributed by atoms with Gasteiger partial charge in [-0.05, 0) is 54.4 Å². The smallest absolute Gasteiger partial charge is 0.261 e. The van der Waals surface area contributed by atoms with Crippen LogP contribution in [-0.2, 0) is 16.6 Å². The number of hydrogen-bond donors (Lipinski definition) is 2. The topological polar surface area (TPSA) is 75.3 Å². The van der Waals surface area contributed by atoms with Crippen LogP contribution >= 0.6 is 0 Å². The second kappa shape index (κ2) is 8.22. The minimum atomic E-state index is -3.75. The fourth-order valence-corrected chi connectivity index (χ4v) is 3.71. The van der Waals surface area contributed by atoms with E-state index in [2.05, 4.69) is 10.0 Å². The number of anilines is 1. The first kappa shape index (κ1) is 19.6. The lowest BCUT2D eigenvalue weighted by Gasteiger charge is -2.12. The molecule has 0 radical (unpaired) electrons. The summed E-state index contributed by atoms with van der Waals surface area (Å²) in [6.45, 7) is 1.99. The number of sulfonamides is 1. The van der Waals surface area contributed by atoms with Crippen molar-refractivity contribution in [2.75, 3.05) is 4.72 Å². The lowest BCUT2D eigenvalue weighted by Crippen LogP contribution is -2.23. The molecular weight excluding hydrogens is 379 g/mol. The van der Waals surface area contributed by atoms with Crippen LogP contribution in [-0.4, -0.2) is 14.3 Å². The second-order valence-electron chi connectivity index (χ2n) is 6.26. The molecule has 0 unspecified atom stereocenters. The van der Waals surface area contributed by atoms with Crippen LogP contribution in [0.5, 0.6) is 0 Å². The van der Waals surface area contributed by atoms with Gasteiger partial charge in [0, 0.05) is 12.1 Å². The second-order valence-corrected chi connectivity index (χ2v) is 7.94. The van der Waals surface area contributed by atoms with E-state index in [4.69, 9.17) is 0 Å². The Morgan fingerprint density at radius 1 is 0.964 bits per heavy atom. The van der Waals surface area contributed by atoms with Gasteiger partial charge in [-0.1, -0.05) is 36.4 Å². The standard InChI is InChI=1S/C21H19FN2O3S/c1-15-7-10-17(21(25)23-14-16-8-11-18(22)12-9-16)13-20(15)24-28(26,27)19-5-3-2-4-6-19/h2-13,24H,14H2,1H3,(H,23,25). The number of amides is 1. The highest BCUT2D eigenvalue weighted by Gasteiger charge is 2.16. The monoisotopic (exact) mass is 398 g/mol. The van der Waals surface area contributed by atoms with Gasteiger partial charge >= 0.3 is 0 Å². The molecule has 3 aromatic carbocycles. The lowest BCUT2D eigenvalue weighted by atomic mass is 10.1. The van der Waals surface area contributed by atoms with Gasteiger partial charge < -0.3 is 5.32 Å². The van der Waals surface area contributed by atoms with Gasteiger partial charge in [-0.2, -0.15) is 0 Å². The highest BCUT2D eigenvalue weighted by atomic mass is 32.2. The fraction of sp³-hybridized carbons (Fsp3) is 0.0952. The van der Waals surface area contributed by atoms with E-state index in [0.717, 1.165) is 5.56 Å². The molecule has 0 fully saturated rings. The van der Waals surface area contributed by atoms with E-state index in [9.17, 15) is 17.6 Å². The van der Waals surface area contributed by atoms with Gasteiger partial charge in [0.25, 0.3) is 15.9 Å². The van der Waals surface area contributed by atoms with Crippen LogP contribution in [0.2, 0.25) is 0 Å². The van der Waals surface area contributed by atoms with Crippen molar-refractivity contribution in [1.29, 1.82) is 0 Å². The van der Waals surface area contributed by atoms with Gasteiger partial charge in [0.05, 0.1) is 10.6 Å². The molecular formula is C21H19FN2O3S. The molecule has 0 aromatic heterocycles. The quantitative estimate of drug-likeness (QED) is 0.662. The highest BCUT2D eigenvalue weighted by molar-refractivity contribution is 7.92. The number of hydrogen-bond acceptors (Lipinski definition) is 3. The lowest BCUT2D eigenvalue weighted by molar-refractivity contribution is 0.0951. The predicted molar refractivity (Wildman–Crippen MR) is 106 cm³/mol. The molecule has 2 N–H and O–H groups in total. The Balaban J connectivity index is 1.75. The van der Waals surface area contributed by atoms with Gasteiger partial charge in [-0.25, -0.2) is 12.8 Å². The Morgan fingerprint density at radius 2 is 1.64 bits per heavy atom. The highest BCUT2D eigenvalue weighted by Crippen LogP contribution is 2.21. The maximum Gasteiger partial charge on any atom is 0.261 e. The molecule has 5 nitrogen and oxygen atoms in total. The molecule has 0 aliphatic carbocycles. The Morgan fingerprint density at radius 3 is 2.32 bits per heavy atom. The minimum absolute atomic E-state index is 0.139. The summed E-state index contributed by atoms with van der Waals surface area (Å²) < 4.78 is 40.5. The molecule has 0 bridgehead atoms. The molecule has 7 heteroatoms. The summed E-state index contributed by atoms with van der Waals surface area (Å²) in [6, 6.07) is 18.6. The van der Waals surface area contributed by atoms with Crippen LogP contribution in [0.1, 0.15) is 21.5 Å². The molecule has 0 saturated carbocycles. The van der Waals surface area contributed by atoms with E-state index in [-0.39, 0.29) is 23.2 Å². The molecule has 3 aromatic rings. The van der Waals surface area contributed by atoms with Crippen molar-refractivity contribution in [1.82, 2.24) is 5.32 Å². The van der Waals surface area contributed by atoms with Crippen molar-refractivity contribution in [2.45, 2.75) is 18.4 Å². The van der Waals surface area contributed by atoms with Crippen molar-refractivity contribution in [3.8, 4) is 0 Å². The van der Waals surface area contributed by atoms with Crippen LogP contribution in [0, 0.1) is 12.7 Å². The van der Waals surface area contributed by atoms with Crippen LogP contribution in [0.4, 0.5) is 10.1 Å². The van der Waals surface area contributed by atoms with E-state index < -0.39 is 10.0 Å². The van der Waals surface area contributed by atoms with E-state index in [1.54, 1.807) is 49.4 Å². The van der Waals surface area contributed by atoms with Gasteiger partial charge in [0.1, 0.15) is 5.82 Å². The first-order chi connectivity index (χ1) is 13.3. The van der Waals surface area contributed by atoms with E-state index >= 15 is 0 Å². The number of benzene rings is 3. The molecule has 1 amide bonds. The number of rotatable bonds is 6. The van der Waals surface area contributed by atoms with Crippen molar-refractivity contribution in [2.24, 2.45) is 0 Å². The summed E-state index contributed by atoms with van der Waals surface area (Å²) in [4.78, 5) is 12.6. The summed E-state index contributed by atoms with van der Waals surface area (Å²) in [7, 11) is -3.75. The summed E-state index contributed by atoms with van der Waals surface area (Å²) in [5, 5.41) is 2.74. The Bertz CT molecular complexity index is 1080. The molecule has 0 saturated heterocycles. The minimum Gasteiger partial charge on any atom is -0.348 e. The maximum absolute atomic E-state index is 12.9. The molecule has 0 aliphatic heterocycles. The predicted octanol–water partition coefficient (Wildman–Crippen LogP) is 3.86. The molecule has 0 aliphatic rings. The zero-order chi connectivity index (χ0) is 20.1. The third-order valence-corrected chi connectivity index (χ3v) is 5.55. The van der Waals surface area contributed by atoms with Crippen LogP contribution in [0.25, 0.3) is 0 Å². The van der Waals surface area contributed by atoms with Gasteiger partial charge in [0.15, 0.2) is 0 Å². The molecule has 0 heterocycles. The summed E-state index contributed by atoms with van der Waals surface area (Å²) in [5.74, 6) is -0.701. The van der Waals surface area contributed by atoms with E-state index in [0.29, 0.717) is 16.8 Å². The Hall–Kier alpha value is -3.19. The molecule has 0 atom stereocenters. The number of aryl methyl sites for hydroxylation is 1. The average Bonchev–Trinajstić information content (AvgIpc) is 2.69. The number of halogens is 1. The third-order valence-electron chi connectivity index (χ3n) is 4.16. The third kappa shape index (κ3) is 4.75. The molecule has 0 spiro atoms. The molecule has 3 rings (SSSR count). The Kier molecular flexibility index (Phi) is 5.75. The molecule has 144 valence electrons. The Labute approximate surface area is 163 Å². The normalized spacial score (nSPS) is 11.1. The first-order valence-electron chi connectivity index (χ1n) is 8.56. The van der Waals surface area contributed by atoms with Gasteiger partial charge in [0.2, 0.25) is 0 Å². The largest absolute Gasteiger partial charge is 0.348 e. The van der Waals surface area contributed by atoms with Crippen molar-refractivity contribution in [3.63, 3.8) is 0 Å². The zero-order valence-corrected chi connectivity index (χ0v) is 16.0.